The quantitative estimate of drug-likeness (QED) is 0.735. The number of hydrogen-bond donors (Lipinski definition) is 3. The van der Waals surface area contributed by atoms with Gasteiger partial charge in [-0.3, -0.25) is 4.79 Å². The molecule has 0 aromatic carbocycles. The zero-order valence-corrected chi connectivity index (χ0v) is 13.2. The molecule has 2 aliphatic rings. The molecule has 0 spiro atoms. The molecule has 0 radical (unpaired) electrons. The van der Waals surface area contributed by atoms with Gasteiger partial charge >= 0.3 is 0 Å². The van der Waals surface area contributed by atoms with Gasteiger partial charge in [0.2, 0.25) is 5.91 Å². The van der Waals surface area contributed by atoms with E-state index in [2.05, 4.69) is 31.4 Å². The Morgan fingerprint density at radius 1 is 1.35 bits per heavy atom. The molecule has 1 aliphatic carbocycles. The summed E-state index contributed by atoms with van der Waals surface area (Å²) in [5, 5.41) is 16.4. The van der Waals surface area contributed by atoms with Crippen molar-refractivity contribution in [1.82, 2.24) is 10.6 Å². The van der Waals surface area contributed by atoms with E-state index in [1.54, 1.807) is 0 Å². The first-order valence-electron chi connectivity index (χ1n) is 8.08. The number of aliphatic hydroxyl groups excluding tert-OH is 1. The Balaban J connectivity index is 2.08. The van der Waals surface area contributed by atoms with E-state index in [1.165, 1.54) is 0 Å². The fourth-order valence-corrected chi connectivity index (χ4v) is 3.66. The van der Waals surface area contributed by atoms with Crippen molar-refractivity contribution in [2.24, 2.45) is 17.3 Å². The Kier molecular flexibility index (Phi) is 4.75. The molecule has 3 N–H and O–H groups in total. The minimum absolute atomic E-state index is 0.0626. The molecule has 4 heteroatoms. The Morgan fingerprint density at radius 2 is 2.00 bits per heavy atom. The normalized spacial score (nSPS) is 38.1. The molecule has 2 fully saturated rings. The van der Waals surface area contributed by atoms with Gasteiger partial charge in [0.1, 0.15) is 0 Å². The third-order valence-electron chi connectivity index (χ3n) is 5.66. The molecule has 1 aliphatic heterocycles. The van der Waals surface area contributed by atoms with Crippen LogP contribution < -0.4 is 10.6 Å². The Bertz CT molecular complexity index is 340. The van der Waals surface area contributed by atoms with Crippen LogP contribution in [0.25, 0.3) is 0 Å². The summed E-state index contributed by atoms with van der Waals surface area (Å²) in [6, 6.07) is 0. The van der Waals surface area contributed by atoms with Crippen LogP contribution in [0.4, 0.5) is 0 Å². The number of amides is 1. The van der Waals surface area contributed by atoms with Gasteiger partial charge in [-0.15, -0.1) is 0 Å². The Morgan fingerprint density at radius 3 is 2.45 bits per heavy atom. The summed E-state index contributed by atoms with van der Waals surface area (Å²) in [4.78, 5) is 12.9. The van der Waals surface area contributed by atoms with Crippen LogP contribution in [0.1, 0.15) is 52.9 Å². The third kappa shape index (κ3) is 2.86. The highest BCUT2D eigenvalue weighted by atomic mass is 16.3. The number of rotatable bonds is 4. The van der Waals surface area contributed by atoms with Gasteiger partial charge in [0.25, 0.3) is 0 Å². The summed E-state index contributed by atoms with van der Waals surface area (Å²) in [7, 11) is 0. The smallest absolute Gasteiger partial charge is 0.228 e. The minimum atomic E-state index is -0.381. The van der Waals surface area contributed by atoms with E-state index in [0.717, 1.165) is 45.2 Å². The first-order chi connectivity index (χ1) is 9.44. The van der Waals surface area contributed by atoms with Crippen LogP contribution >= 0.6 is 0 Å². The maximum Gasteiger partial charge on any atom is 0.228 e. The molecular weight excluding hydrogens is 252 g/mol. The molecule has 1 unspecified atom stereocenters. The number of aliphatic hydroxyl groups is 1. The topological polar surface area (TPSA) is 61.4 Å². The van der Waals surface area contributed by atoms with Crippen LogP contribution in [0.3, 0.4) is 0 Å². The average molecular weight is 282 g/mol. The summed E-state index contributed by atoms with van der Waals surface area (Å²) >= 11 is 0. The van der Waals surface area contributed by atoms with Gasteiger partial charge in [-0.25, -0.2) is 0 Å². The van der Waals surface area contributed by atoms with E-state index in [9.17, 15) is 9.90 Å². The van der Waals surface area contributed by atoms with Crippen molar-refractivity contribution in [3.8, 4) is 0 Å². The van der Waals surface area contributed by atoms with Gasteiger partial charge in [-0.1, -0.05) is 20.8 Å². The SMILES string of the molecule is CC1CCC(CO)(NC(=O)C2(C(C)C)CCNC2)CC1. The monoisotopic (exact) mass is 282 g/mol. The molecule has 1 atom stereocenters. The van der Waals surface area contributed by atoms with E-state index in [4.69, 9.17) is 0 Å². The number of carbonyl (C=O) groups excluding carboxylic acids is 1. The fourth-order valence-electron chi connectivity index (χ4n) is 3.66. The van der Waals surface area contributed by atoms with E-state index in [-0.39, 0.29) is 23.5 Å². The standard InChI is InChI=1S/C16H30N2O2/c1-12(2)16(8-9-17-10-16)14(20)18-15(11-19)6-4-13(3)5-7-15/h12-13,17,19H,4-11H2,1-3H3,(H,18,20). The van der Waals surface area contributed by atoms with Crippen molar-refractivity contribution in [3.63, 3.8) is 0 Å². The van der Waals surface area contributed by atoms with Gasteiger partial charge < -0.3 is 15.7 Å². The van der Waals surface area contributed by atoms with Crippen LogP contribution in [0, 0.1) is 17.3 Å². The Labute approximate surface area is 122 Å². The maximum absolute atomic E-state index is 12.9. The molecule has 116 valence electrons. The number of hydrogen-bond acceptors (Lipinski definition) is 3. The molecule has 0 bridgehead atoms. The van der Waals surface area contributed by atoms with Crippen molar-refractivity contribution >= 4 is 5.91 Å². The molecule has 4 nitrogen and oxygen atoms in total. The van der Waals surface area contributed by atoms with Crippen molar-refractivity contribution in [2.75, 3.05) is 19.7 Å². The van der Waals surface area contributed by atoms with Gasteiger partial charge in [0.05, 0.1) is 17.6 Å². The van der Waals surface area contributed by atoms with E-state index in [0.29, 0.717) is 11.8 Å². The summed E-state index contributed by atoms with van der Waals surface area (Å²) in [5.74, 6) is 1.16. The van der Waals surface area contributed by atoms with Gasteiger partial charge in [0, 0.05) is 6.54 Å². The van der Waals surface area contributed by atoms with Gasteiger partial charge in [-0.2, -0.15) is 0 Å². The van der Waals surface area contributed by atoms with Crippen molar-refractivity contribution in [2.45, 2.75) is 58.4 Å². The zero-order chi connectivity index (χ0) is 14.8. The van der Waals surface area contributed by atoms with Crippen LogP contribution in [-0.2, 0) is 4.79 Å². The summed E-state index contributed by atoms with van der Waals surface area (Å²) in [5.41, 5.74) is -0.681. The lowest BCUT2D eigenvalue weighted by Gasteiger charge is -2.42. The first-order valence-corrected chi connectivity index (χ1v) is 8.08. The lowest BCUT2D eigenvalue weighted by atomic mass is 9.73. The largest absolute Gasteiger partial charge is 0.394 e. The minimum Gasteiger partial charge on any atom is -0.394 e. The van der Waals surface area contributed by atoms with Crippen molar-refractivity contribution in [1.29, 1.82) is 0 Å². The lowest BCUT2D eigenvalue weighted by Crippen LogP contribution is -2.58. The van der Waals surface area contributed by atoms with E-state index in [1.807, 2.05) is 0 Å². The third-order valence-corrected chi connectivity index (χ3v) is 5.66. The molecule has 20 heavy (non-hydrogen) atoms. The van der Waals surface area contributed by atoms with Crippen LogP contribution in [-0.4, -0.2) is 36.2 Å². The van der Waals surface area contributed by atoms with Crippen molar-refractivity contribution in [3.05, 3.63) is 0 Å². The highest BCUT2D eigenvalue weighted by Gasteiger charge is 2.47. The molecule has 1 heterocycles. The van der Waals surface area contributed by atoms with Crippen LogP contribution in [0.5, 0.6) is 0 Å². The van der Waals surface area contributed by atoms with E-state index >= 15 is 0 Å². The summed E-state index contributed by atoms with van der Waals surface area (Å²) < 4.78 is 0. The summed E-state index contributed by atoms with van der Waals surface area (Å²) in [6.45, 7) is 8.23. The predicted octanol–water partition coefficient (Wildman–Crippen LogP) is 1.68. The molecule has 0 aromatic heterocycles. The molecule has 0 aromatic rings. The van der Waals surface area contributed by atoms with Crippen LogP contribution in [0.15, 0.2) is 0 Å². The molecule has 1 saturated heterocycles. The number of nitrogens with one attached hydrogen (secondary N) is 2. The highest BCUT2D eigenvalue weighted by molar-refractivity contribution is 5.84. The molecule has 1 saturated carbocycles. The predicted molar refractivity (Wildman–Crippen MR) is 80.3 cm³/mol. The second-order valence-electron chi connectivity index (χ2n) is 7.31. The Hall–Kier alpha value is -0.610. The second kappa shape index (κ2) is 6.02. The summed E-state index contributed by atoms with van der Waals surface area (Å²) in [6.07, 6.45) is 4.88. The number of carbonyl (C=O) groups is 1. The highest BCUT2D eigenvalue weighted by Crippen LogP contribution is 2.37. The molecular formula is C16H30N2O2. The van der Waals surface area contributed by atoms with Gasteiger partial charge in [0.15, 0.2) is 0 Å². The first kappa shape index (κ1) is 15.8. The van der Waals surface area contributed by atoms with Crippen molar-refractivity contribution < 1.29 is 9.90 Å². The second-order valence-corrected chi connectivity index (χ2v) is 7.31. The molecule has 2 rings (SSSR count). The van der Waals surface area contributed by atoms with Gasteiger partial charge in [-0.05, 0) is 50.5 Å². The lowest BCUT2D eigenvalue weighted by molar-refractivity contribution is -0.136. The maximum atomic E-state index is 12.9. The average Bonchev–Trinajstić information content (AvgIpc) is 2.92. The van der Waals surface area contributed by atoms with E-state index < -0.39 is 0 Å². The zero-order valence-electron chi connectivity index (χ0n) is 13.2. The fraction of sp³-hybridized carbons (Fsp3) is 0.938. The molecule has 1 amide bonds. The van der Waals surface area contributed by atoms with Crippen LogP contribution in [0.2, 0.25) is 0 Å².